The molecule has 0 atom stereocenters. The number of sulfonamides is 1. The number of rotatable bonds is 10. The molecular weight excluding hydrogens is 560 g/mol. The van der Waals surface area contributed by atoms with E-state index in [2.05, 4.69) is 20.1 Å². The minimum absolute atomic E-state index is 0.118. The third kappa shape index (κ3) is 7.50. The van der Waals surface area contributed by atoms with Crippen molar-refractivity contribution in [2.75, 3.05) is 62.9 Å². The Bertz CT molecular complexity index is 1580. The molecule has 11 nitrogen and oxygen atoms in total. The predicted octanol–water partition coefficient (Wildman–Crippen LogP) is 4.05. The Balaban J connectivity index is 1.65. The van der Waals surface area contributed by atoms with E-state index in [1.54, 1.807) is 24.3 Å². The van der Waals surface area contributed by atoms with E-state index in [0.29, 0.717) is 36.5 Å². The topological polar surface area (TPSA) is 139 Å². The molecule has 1 heterocycles. The average molecular weight is 599 g/mol. The van der Waals surface area contributed by atoms with Crippen molar-refractivity contribution in [2.24, 2.45) is 5.16 Å². The molecule has 42 heavy (non-hydrogen) atoms. The van der Waals surface area contributed by atoms with E-state index < -0.39 is 15.9 Å². The van der Waals surface area contributed by atoms with Crippen molar-refractivity contribution >= 4 is 43.8 Å². The number of hydrogen-bond donors (Lipinski definition) is 3. The van der Waals surface area contributed by atoms with Gasteiger partial charge in [-0.3, -0.25) is 14.4 Å². The number of carbonyl (C=O) groups excluding carboxylic acids is 1. The third-order valence-electron chi connectivity index (χ3n) is 6.93. The van der Waals surface area contributed by atoms with Gasteiger partial charge in [-0.15, -0.1) is 0 Å². The molecule has 0 radical (unpaired) electrons. The highest BCUT2D eigenvalue weighted by Crippen LogP contribution is 2.39. The lowest BCUT2D eigenvalue weighted by molar-refractivity contribution is -0.110. The molecule has 0 saturated carbocycles. The van der Waals surface area contributed by atoms with Crippen molar-refractivity contribution in [3.63, 3.8) is 0 Å². The van der Waals surface area contributed by atoms with Gasteiger partial charge >= 0.3 is 0 Å². The number of anilines is 2. The standard InChI is InChI=1S/C30H38N4O7S/c1-30(2,3)20-18-24(28(39-4)25(19-20)33-42(5,37)38)31-29(35)27(32-36)23-10-11-26(22-9-7-6-8-21(22)23)41-17-14-34-12-15-40-16-13-34/h6-11,18-19,33,36H,12-17H2,1-5H3,(H,31,35)/b32-27-. The zero-order valence-electron chi connectivity index (χ0n) is 24.6. The van der Waals surface area contributed by atoms with E-state index in [1.165, 1.54) is 7.11 Å². The third-order valence-corrected chi connectivity index (χ3v) is 7.52. The van der Waals surface area contributed by atoms with Crippen LogP contribution in [0.2, 0.25) is 0 Å². The SMILES string of the molecule is COc1c(NC(=O)/C(=N\O)c2ccc(OCCN3CCOCC3)c3ccccc23)cc(C(C)(C)C)cc1NS(C)(=O)=O. The van der Waals surface area contributed by atoms with Gasteiger partial charge in [0.1, 0.15) is 12.4 Å². The van der Waals surface area contributed by atoms with E-state index in [9.17, 15) is 18.4 Å². The fourth-order valence-corrected chi connectivity index (χ4v) is 5.32. The fraction of sp³-hybridized carbons (Fsp3) is 0.400. The average Bonchev–Trinajstić information content (AvgIpc) is 2.93. The fourth-order valence-electron chi connectivity index (χ4n) is 4.77. The van der Waals surface area contributed by atoms with E-state index >= 15 is 0 Å². The maximum atomic E-state index is 13.6. The molecule has 0 aliphatic carbocycles. The Morgan fingerprint density at radius 3 is 2.36 bits per heavy atom. The monoisotopic (exact) mass is 598 g/mol. The summed E-state index contributed by atoms with van der Waals surface area (Å²) in [5.74, 6) is 0.0580. The largest absolute Gasteiger partial charge is 0.492 e. The number of morpholine rings is 1. The van der Waals surface area contributed by atoms with Crippen LogP contribution in [0.25, 0.3) is 10.8 Å². The van der Waals surface area contributed by atoms with Crippen LogP contribution < -0.4 is 19.5 Å². The minimum Gasteiger partial charge on any atom is -0.492 e. The first-order valence-corrected chi connectivity index (χ1v) is 15.5. The molecule has 0 unspecified atom stereocenters. The first-order chi connectivity index (χ1) is 19.9. The maximum absolute atomic E-state index is 13.6. The van der Waals surface area contributed by atoms with Crippen LogP contribution in [0.5, 0.6) is 11.5 Å². The number of ether oxygens (including phenoxy) is 3. The number of benzene rings is 3. The summed E-state index contributed by atoms with van der Waals surface area (Å²) in [7, 11) is -2.27. The normalized spacial score (nSPS) is 14.9. The number of methoxy groups -OCH3 is 1. The van der Waals surface area contributed by atoms with Crippen LogP contribution in [0.15, 0.2) is 53.7 Å². The van der Waals surface area contributed by atoms with Gasteiger partial charge in [0.05, 0.1) is 38.0 Å². The Hall–Kier alpha value is -3.87. The number of nitrogens with one attached hydrogen (secondary N) is 2. The van der Waals surface area contributed by atoms with Crippen LogP contribution in [0, 0.1) is 0 Å². The van der Waals surface area contributed by atoms with Crippen molar-refractivity contribution < 1.29 is 32.6 Å². The predicted molar refractivity (Wildman–Crippen MR) is 164 cm³/mol. The summed E-state index contributed by atoms with van der Waals surface area (Å²) in [6, 6.07) is 14.2. The molecule has 0 bridgehead atoms. The molecule has 12 heteroatoms. The number of fused-ring (bicyclic) bond motifs is 1. The maximum Gasteiger partial charge on any atom is 0.278 e. The molecule has 0 spiro atoms. The summed E-state index contributed by atoms with van der Waals surface area (Å²) < 4.78 is 43.6. The van der Waals surface area contributed by atoms with Crippen molar-refractivity contribution in [3.05, 3.63) is 59.7 Å². The number of carbonyl (C=O) groups is 1. The van der Waals surface area contributed by atoms with Crippen LogP contribution >= 0.6 is 0 Å². The van der Waals surface area contributed by atoms with Gasteiger partial charge in [-0.25, -0.2) is 8.42 Å². The summed E-state index contributed by atoms with van der Waals surface area (Å²) in [5, 5.41) is 17.6. The second-order valence-corrected chi connectivity index (χ2v) is 12.8. The van der Waals surface area contributed by atoms with Crippen molar-refractivity contribution in [1.29, 1.82) is 0 Å². The van der Waals surface area contributed by atoms with Crippen molar-refractivity contribution in [2.45, 2.75) is 26.2 Å². The quantitative estimate of drug-likeness (QED) is 0.181. The van der Waals surface area contributed by atoms with Gasteiger partial charge in [0.15, 0.2) is 11.5 Å². The lowest BCUT2D eigenvalue weighted by Crippen LogP contribution is -2.38. The lowest BCUT2D eigenvalue weighted by Gasteiger charge is -2.26. The van der Waals surface area contributed by atoms with Crippen LogP contribution in [-0.4, -0.2) is 83.0 Å². The minimum atomic E-state index is -3.65. The van der Waals surface area contributed by atoms with Crippen LogP contribution in [-0.2, 0) is 25.0 Å². The van der Waals surface area contributed by atoms with Gasteiger partial charge < -0.3 is 24.7 Å². The van der Waals surface area contributed by atoms with Crippen LogP contribution in [0.1, 0.15) is 31.9 Å². The summed E-state index contributed by atoms with van der Waals surface area (Å²) in [4.78, 5) is 15.9. The molecule has 4 rings (SSSR count). The van der Waals surface area contributed by atoms with Gasteiger partial charge in [-0.1, -0.05) is 50.2 Å². The smallest absolute Gasteiger partial charge is 0.278 e. The highest BCUT2D eigenvalue weighted by molar-refractivity contribution is 7.92. The van der Waals surface area contributed by atoms with E-state index in [-0.39, 0.29) is 28.3 Å². The summed E-state index contributed by atoms with van der Waals surface area (Å²) in [5.41, 5.74) is 0.917. The highest BCUT2D eigenvalue weighted by Gasteiger charge is 2.25. The molecule has 226 valence electrons. The van der Waals surface area contributed by atoms with Gasteiger partial charge in [-0.05, 0) is 40.6 Å². The molecule has 1 saturated heterocycles. The first kappa shape index (κ1) is 31.1. The second kappa shape index (κ2) is 13.0. The number of hydrogen-bond acceptors (Lipinski definition) is 9. The zero-order chi connectivity index (χ0) is 30.5. The lowest BCUT2D eigenvalue weighted by atomic mass is 9.86. The number of amides is 1. The summed E-state index contributed by atoms with van der Waals surface area (Å²) in [6.45, 7) is 10.3. The van der Waals surface area contributed by atoms with E-state index in [4.69, 9.17) is 14.2 Å². The van der Waals surface area contributed by atoms with Gasteiger partial charge in [0.25, 0.3) is 5.91 Å². The van der Waals surface area contributed by atoms with Crippen LogP contribution in [0.4, 0.5) is 11.4 Å². The highest BCUT2D eigenvalue weighted by atomic mass is 32.2. The molecular formula is C30H38N4O7S. The molecule has 0 aromatic heterocycles. The molecule has 3 N–H and O–H groups in total. The molecule has 1 aliphatic rings. The molecule has 1 fully saturated rings. The Morgan fingerprint density at radius 1 is 1.07 bits per heavy atom. The summed E-state index contributed by atoms with van der Waals surface area (Å²) in [6.07, 6.45) is 1.03. The number of oxime groups is 1. The number of nitrogens with zero attached hydrogens (tertiary/aromatic N) is 2. The van der Waals surface area contributed by atoms with Crippen LogP contribution in [0.3, 0.4) is 0 Å². The molecule has 1 aliphatic heterocycles. The van der Waals surface area contributed by atoms with Gasteiger partial charge in [0, 0.05) is 30.6 Å². The van der Waals surface area contributed by atoms with Gasteiger partial charge in [0.2, 0.25) is 10.0 Å². The first-order valence-electron chi connectivity index (χ1n) is 13.6. The van der Waals surface area contributed by atoms with E-state index in [0.717, 1.165) is 36.8 Å². The van der Waals surface area contributed by atoms with Gasteiger partial charge in [-0.2, -0.15) is 0 Å². The molecule has 1 amide bonds. The Kier molecular flexibility index (Phi) is 9.60. The second-order valence-electron chi connectivity index (χ2n) is 11.1. The molecule has 3 aromatic carbocycles. The van der Waals surface area contributed by atoms with Crippen molar-refractivity contribution in [1.82, 2.24) is 4.90 Å². The Morgan fingerprint density at radius 2 is 1.74 bits per heavy atom. The van der Waals surface area contributed by atoms with E-state index in [1.807, 2.05) is 45.0 Å². The van der Waals surface area contributed by atoms with Crippen molar-refractivity contribution in [3.8, 4) is 11.5 Å². The summed E-state index contributed by atoms with van der Waals surface area (Å²) >= 11 is 0. The molecule has 3 aromatic rings. The zero-order valence-corrected chi connectivity index (χ0v) is 25.4. The Labute approximate surface area is 246 Å².